The number of carbonyl (C=O) groups excluding carboxylic acids is 2. The maximum Gasteiger partial charge on any atom is 0.263 e. The number of amides is 2. The van der Waals surface area contributed by atoms with E-state index in [4.69, 9.17) is 22.1 Å². The van der Waals surface area contributed by atoms with E-state index >= 15 is 0 Å². The summed E-state index contributed by atoms with van der Waals surface area (Å²) in [6.45, 7) is 2.79. The van der Waals surface area contributed by atoms with Crippen LogP contribution in [-0.4, -0.2) is 35.9 Å². The number of nitrogens with two attached hydrogens (primary N) is 1. The van der Waals surface area contributed by atoms with Gasteiger partial charge in [0.15, 0.2) is 6.10 Å². The zero-order valence-corrected chi connectivity index (χ0v) is 12.7. The second-order valence-electron chi connectivity index (χ2n) is 5.22. The summed E-state index contributed by atoms with van der Waals surface area (Å²) in [5.74, 6) is 0.0665. The fourth-order valence-electron chi connectivity index (χ4n) is 2.44. The van der Waals surface area contributed by atoms with E-state index in [0.717, 1.165) is 0 Å². The van der Waals surface area contributed by atoms with Crippen LogP contribution in [0.4, 0.5) is 0 Å². The maximum atomic E-state index is 12.3. The number of nitrogens with zero attached hydrogens (tertiary/aromatic N) is 1. The summed E-state index contributed by atoms with van der Waals surface area (Å²) >= 11 is 5.88. The molecule has 0 bridgehead atoms. The number of likely N-dealkylation sites (tertiary alicyclic amines) is 1. The lowest BCUT2D eigenvalue weighted by molar-refractivity contribution is -0.140. The van der Waals surface area contributed by atoms with Crippen molar-refractivity contribution in [2.45, 2.75) is 25.9 Å². The van der Waals surface area contributed by atoms with Gasteiger partial charge in [0.2, 0.25) is 5.91 Å². The predicted octanol–water partition coefficient (Wildman–Crippen LogP) is 1.83. The van der Waals surface area contributed by atoms with Gasteiger partial charge < -0.3 is 15.4 Å². The summed E-state index contributed by atoms with van der Waals surface area (Å²) < 4.78 is 5.62. The van der Waals surface area contributed by atoms with Crippen molar-refractivity contribution in [1.82, 2.24) is 4.90 Å². The molecule has 0 radical (unpaired) electrons. The van der Waals surface area contributed by atoms with Crippen molar-refractivity contribution in [3.05, 3.63) is 29.3 Å². The molecule has 0 unspecified atom stereocenters. The average Bonchev–Trinajstić information content (AvgIpc) is 2.46. The van der Waals surface area contributed by atoms with Crippen LogP contribution in [-0.2, 0) is 9.59 Å². The normalized spacial score (nSPS) is 17.3. The molecule has 0 aliphatic carbocycles. The molecule has 1 aromatic rings. The third-order valence-corrected chi connectivity index (χ3v) is 3.90. The van der Waals surface area contributed by atoms with Crippen LogP contribution in [0, 0.1) is 5.92 Å². The molecule has 21 heavy (non-hydrogen) atoms. The maximum absolute atomic E-state index is 12.3. The summed E-state index contributed by atoms with van der Waals surface area (Å²) in [5.41, 5.74) is 5.29. The molecule has 0 saturated carbocycles. The van der Waals surface area contributed by atoms with E-state index in [0.29, 0.717) is 36.7 Å². The minimum absolute atomic E-state index is 0.0853. The molecule has 1 aliphatic heterocycles. The molecule has 1 atom stereocenters. The van der Waals surface area contributed by atoms with Crippen molar-refractivity contribution in [3.8, 4) is 5.75 Å². The van der Waals surface area contributed by atoms with Gasteiger partial charge in [-0.3, -0.25) is 9.59 Å². The fourth-order valence-corrected chi connectivity index (χ4v) is 2.62. The Morgan fingerprint density at radius 1 is 1.38 bits per heavy atom. The first-order valence-electron chi connectivity index (χ1n) is 6.97. The second kappa shape index (κ2) is 6.80. The molecule has 2 N–H and O–H groups in total. The van der Waals surface area contributed by atoms with Crippen LogP contribution < -0.4 is 10.5 Å². The number of primary amides is 1. The van der Waals surface area contributed by atoms with Crippen molar-refractivity contribution >= 4 is 23.4 Å². The van der Waals surface area contributed by atoms with Crippen LogP contribution in [0.15, 0.2) is 24.3 Å². The summed E-state index contributed by atoms with van der Waals surface area (Å²) in [6, 6.07) is 6.95. The van der Waals surface area contributed by atoms with Crippen LogP contribution in [0.3, 0.4) is 0 Å². The van der Waals surface area contributed by atoms with Gasteiger partial charge in [-0.25, -0.2) is 0 Å². The zero-order chi connectivity index (χ0) is 15.4. The Labute approximate surface area is 129 Å². The third-order valence-electron chi connectivity index (χ3n) is 3.67. The summed E-state index contributed by atoms with van der Waals surface area (Å²) in [4.78, 5) is 25.2. The molecule has 1 aromatic carbocycles. The number of piperidine rings is 1. The third kappa shape index (κ3) is 4.11. The highest BCUT2D eigenvalue weighted by Crippen LogP contribution is 2.21. The highest BCUT2D eigenvalue weighted by atomic mass is 35.5. The highest BCUT2D eigenvalue weighted by Gasteiger charge is 2.29. The number of halogens is 1. The van der Waals surface area contributed by atoms with Gasteiger partial charge in [-0.1, -0.05) is 17.7 Å². The Kier molecular flexibility index (Phi) is 5.07. The fraction of sp³-hybridized carbons (Fsp3) is 0.467. The molecule has 1 saturated heterocycles. The predicted molar refractivity (Wildman–Crippen MR) is 80.0 cm³/mol. The molecule has 2 rings (SSSR count). The Morgan fingerprint density at radius 2 is 2.05 bits per heavy atom. The molecule has 5 nitrogen and oxygen atoms in total. The number of rotatable bonds is 4. The van der Waals surface area contributed by atoms with Crippen LogP contribution >= 0.6 is 11.6 Å². The second-order valence-corrected chi connectivity index (χ2v) is 5.66. The SMILES string of the molecule is C[C@@H](Oc1cccc(Cl)c1)C(=O)N1CCC(C(N)=O)CC1. The standard InChI is InChI=1S/C15H19ClN2O3/c1-10(21-13-4-2-3-12(16)9-13)15(20)18-7-5-11(6-8-18)14(17)19/h2-4,9-11H,5-8H2,1H3,(H2,17,19)/t10-/m1/s1. The number of benzene rings is 1. The lowest BCUT2D eigenvalue weighted by Gasteiger charge is -2.32. The van der Waals surface area contributed by atoms with Gasteiger partial charge in [0.05, 0.1) is 0 Å². The van der Waals surface area contributed by atoms with Gasteiger partial charge in [0.1, 0.15) is 5.75 Å². The lowest BCUT2D eigenvalue weighted by Crippen LogP contribution is -2.46. The Balaban J connectivity index is 1.90. The quantitative estimate of drug-likeness (QED) is 0.922. The van der Waals surface area contributed by atoms with Gasteiger partial charge in [-0.15, -0.1) is 0 Å². The van der Waals surface area contributed by atoms with Crippen LogP contribution in [0.2, 0.25) is 5.02 Å². The average molecular weight is 311 g/mol. The Morgan fingerprint density at radius 3 is 2.62 bits per heavy atom. The first-order valence-corrected chi connectivity index (χ1v) is 7.35. The van der Waals surface area contributed by atoms with Crippen molar-refractivity contribution < 1.29 is 14.3 Å². The minimum atomic E-state index is -0.589. The number of hydrogen-bond acceptors (Lipinski definition) is 3. The topological polar surface area (TPSA) is 72.6 Å². The molecule has 2 amide bonds. The zero-order valence-electron chi connectivity index (χ0n) is 11.9. The number of hydrogen-bond donors (Lipinski definition) is 1. The molecule has 0 aromatic heterocycles. The van der Waals surface area contributed by atoms with Gasteiger partial charge >= 0.3 is 0 Å². The van der Waals surface area contributed by atoms with Crippen LogP contribution in [0.5, 0.6) is 5.75 Å². The van der Waals surface area contributed by atoms with E-state index in [-0.39, 0.29) is 17.7 Å². The largest absolute Gasteiger partial charge is 0.481 e. The van der Waals surface area contributed by atoms with Crippen LogP contribution in [0.25, 0.3) is 0 Å². The van der Waals surface area contributed by atoms with Gasteiger partial charge in [-0.05, 0) is 38.0 Å². The van der Waals surface area contributed by atoms with Crippen LogP contribution in [0.1, 0.15) is 19.8 Å². The van der Waals surface area contributed by atoms with Crippen molar-refractivity contribution in [2.75, 3.05) is 13.1 Å². The smallest absolute Gasteiger partial charge is 0.263 e. The Hall–Kier alpha value is -1.75. The van der Waals surface area contributed by atoms with Gasteiger partial charge in [0.25, 0.3) is 5.91 Å². The lowest BCUT2D eigenvalue weighted by atomic mass is 9.96. The molecular formula is C15H19ClN2O3. The first kappa shape index (κ1) is 15.6. The molecule has 6 heteroatoms. The van der Waals surface area contributed by atoms with Crippen molar-refractivity contribution in [2.24, 2.45) is 11.7 Å². The number of carbonyl (C=O) groups is 2. The molecule has 0 spiro atoms. The Bertz CT molecular complexity index is 527. The van der Waals surface area contributed by atoms with E-state index in [9.17, 15) is 9.59 Å². The van der Waals surface area contributed by atoms with E-state index in [1.54, 1.807) is 36.1 Å². The first-order chi connectivity index (χ1) is 9.97. The van der Waals surface area contributed by atoms with E-state index in [1.807, 2.05) is 0 Å². The van der Waals surface area contributed by atoms with E-state index in [1.165, 1.54) is 0 Å². The molecule has 1 aliphatic rings. The monoisotopic (exact) mass is 310 g/mol. The number of ether oxygens (including phenoxy) is 1. The minimum Gasteiger partial charge on any atom is -0.481 e. The molecule has 114 valence electrons. The van der Waals surface area contributed by atoms with Crippen molar-refractivity contribution in [3.63, 3.8) is 0 Å². The van der Waals surface area contributed by atoms with Gasteiger partial charge in [-0.2, -0.15) is 0 Å². The molecule has 1 heterocycles. The van der Waals surface area contributed by atoms with Gasteiger partial charge in [0, 0.05) is 24.0 Å². The summed E-state index contributed by atoms with van der Waals surface area (Å²) in [7, 11) is 0. The summed E-state index contributed by atoms with van der Waals surface area (Å²) in [5, 5.41) is 0.564. The highest BCUT2D eigenvalue weighted by molar-refractivity contribution is 6.30. The van der Waals surface area contributed by atoms with Crippen molar-refractivity contribution in [1.29, 1.82) is 0 Å². The molecular weight excluding hydrogens is 292 g/mol. The van der Waals surface area contributed by atoms with E-state index < -0.39 is 6.10 Å². The summed E-state index contributed by atoms with van der Waals surface area (Å²) in [6.07, 6.45) is 0.643. The van der Waals surface area contributed by atoms with E-state index in [2.05, 4.69) is 0 Å². The molecule has 1 fully saturated rings.